The number of pyridine rings is 1. The monoisotopic (exact) mass is 368 g/mol. The van der Waals surface area contributed by atoms with Gasteiger partial charge in [-0.05, 0) is 49.2 Å². The quantitative estimate of drug-likeness (QED) is 0.641. The maximum Gasteiger partial charge on any atom is 0.409 e. The SMILES string of the molecule is Cc1cc(NC(=O)O)cc(C)c1-c1csc(NC(=O)c2ccncc2)n1. The average Bonchev–Trinajstić information content (AvgIpc) is 3.02. The van der Waals surface area contributed by atoms with Crippen LogP contribution in [0.3, 0.4) is 0 Å². The summed E-state index contributed by atoms with van der Waals surface area (Å²) in [6.07, 6.45) is 2.01. The van der Waals surface area contributed by atoms with Gasteiger partial charge in [-0.25, -0.2) is 9.78 Å². The molecule has 0 aliphatic carbocycles. The number of nitrogens with zero attached hydrogens (tertiary/aromatic N) is 2. The van der Waals surface area contributed by atoms with Crippen molar-refractivity contribution >= 4 is 34.2 Å². The van der Waals surface area contributed by atoms with E-state index in [-0.39, 0.29) is 5.91 Å². The molecule has 3 rings (SSSR count). The van der Waals surface area contributed by atoms with Gasteiger partial charge in [0, 0.05) is 34.6 Å². The van der Waals surface area contributed by atoms with E-state index in [1.807, 2.05) is 19.2 Å². The molecular weight excluding hydrogens is 352 g/mol. The van der Waals surface area contributed by atoms with Crippen LogP contribution in [0, 0.1) is 13.8 Å². The van der Waals surface area contributed by atoms with Crippen LogP contribution < -0.4 is 10.6 Å². The fraction of sp³-hybridized carbons (Fsp3) is 0.111. The molecule has 3 aromatic rings. The summed E-state index contributed by atoms with van der Waals surface area (Å²) in [5.74, 6) is -0.247. The topological polar surface area (TPSA) is 104 Å². The Labute approximate surface area is 153 Å². The van der Waals surface area contributed by atoms with Crippen molar-refractivity contribution in [2.75, 3.05) is 10.6 Å². The summed E-state index contributed by atoms with van der Waals surface area (Å²) in [5, 5.41) is 16.3. The van der Waals surface area contributed by atoms with E-state index in [4.69, 9.17) is 5.11 Å². The van der Waals surface area contributed by atoms with Gasteiger partial charge in [-0.3, -0.25) is 20.4 Å². The molecule has 0 saturated carbocycles. The lowest BCUT2D eigenvalue weighted by molar-refractivity contribution is 0.102. The van der Waals surface area contributed by atoms with Crippen molar-refractivity contribution in [3.8, 4) is 11.3 Å². The molecule has 3 N–H and O–H groups in total. The molecule has 7 nitrogen and oxygen atoms in total. The molecule has 0 atom stereocenters. The summed E-state index contributed by atoms with van der Waals surface area (Å²) in [6.45, 7) is 3.79. The van der Waals surface area contributed by atoms with E-state index in [9.17, 15) is 9.59 Å². The lowest BCUT2D eigenvalue weighted by atomic mass is 9.99. The van der Waals surface area contributed by atoms with E-state index in [1.54, 1.807) is 36.7 Å². The zero-order valence-electron chi connectivity index (χ0n) is 14.1. The van der Waals surface area contributed by atoms with E-state index in [0.29, 0.717) is 16.4 Å². The molecule has 0 saturated heterocycles. The number of hydrogen-bond donors (Lipinski definition) is 3. The first kappa shape index (κ1) is 17.6. The highest BCUT2D eigenvalue weighted by atomic mass is 32.1. The third-order valence-corrected chi connectivity index (χ3v) is 4.46. The number of carbonyl (C=O) groups is 2. The second-order valence-corrected chi connectivity index (χ2v) is 6.50. The summed E-state index contributed by atoms with van der Waals surface area (Å²) in [7, 11) is 0. The molecule has 8 heteroatoms. The molecule has 132 valence electrons. The van der Waals surface area contributed by atoms with E-state index in [2.05, 4.69) is 20.6 Å². The fourth-order valence-electron chi connectivity index (χ4n) is 2.68. The lowest BCUT2D eigenvalue weighted by Crippen LogP contribution is -2.11. The molecule has 2 heterocycles. The van der Waals surface area contributed by atoms with Crippen molar-refractivity contribution in [1.82, 2.24) is 9.97 Å². The van der Waals surface area contributed by atoms with Gasteiger partial charge in [0.2, 0.25) is 0 Å². The molecule has 0 fully saturated rings. The first-order valence-corrected chi connectivity index (χ1v) is 8.60. The van der Waals surface area contributed by atoms with Gasteiger partial charge in [-0.1, -0.05) is 0 Å². The highest BCUT2D eigenvalue weighted by molar-refractivity contribution is 7.14. The molecule has 26 heavy (non-hydrogen) atoms. The normalized spacial score (nSPS) is 10.4. The third-order valence-electron chi connectivity index (χ3n) is 3.71. The molecule has 0 aliphatic rings. The Morgan fingerprint density at radius 1 is 1.08 bits per heavy atom. The van der Waals surface area contributed by atoms with E-state index in [1.165, 1.54) is 11.3 Å². The molecule has 0 unspecified atom stereocenters. The van der Waals surface area contributed by atoms with Gasteiger partial charge in [0.25, 0.3) is 5.91 Å². The van der Waals surface area contributed by atoms with Gasteiger partial charge < -0.3 is 5.11 Å². The molecule has 0 bridgehead atoms. The van der Waals surface area contributed by atoms with Crippen LogP contribution in [-0.2, 0) is 0 Å². The Hall–Kier alpha value is -3.26. The number of aromatic nitrogens is 2. The predicted molar refractivity (Wildman–Crippen MR) is 101 cm³/mol. The third kappa shape index (κ3) is 3.86. The van der Waals surface area contributed by atoms with Crippen LogP contribution in [0.15, 0.2) is 42.0 Å². The highest BCUT2D eigenvalue weighted by Crippen LogP contribution is 2.32. The zero-order chi connectivity index (χ0) is 18.7. The summed E-state index contributed by atoms with van der Waals surface area (Å²) >= 11 is 1.33. The summed E-state index contributed by atoms with van der Waals surface area (Å²) < 4.78 is 0. The summed E-state index contributed by atoms with van der Waals surface area (Å²) in [6, 6.07) is 6.77. The Morgan fingerprint density at radius 3 is 2.35 bits per heavy atom. The van der Waals surface area contributed by atoms with E-state index >= 15 is 0 Å². The molecule has 2 amide bonds. The molecule has 0 aliphatic heterocycles. The van der Waals surface area contributed by atoms with Gasteiger partial charge in [-0.15, -0.1) is 11.3 Å². The van der Waals surface area contributed by atoms with Gasteiger partial charge in [0.15, 0.2) is 5.13 Å². The number of rotatable bonds is 4. The number of anilines is 2. The van der Waals surface area contributed by atoms with Crippen LogP contribution in [0.25, 0.3) is 11.3 Å². The Balaban J connectivity index is 1.84. The number of benzene rings is 1. The van der Waals surface area contributed by atoms with Crippen LogP contribution in [0.1, 0.15) is 21.5 Å². The van der Waals surface area contributed by atoms with Crippen LogP contribution >= 0.6 is 11.3 Å². The molecular formula is C18H16N4O3S. The molecule has 1 aromatic carbocycles. The first-order valence-electron chi connectivity index (χ1n) is 7.72. The molecule has 0 spiro atoms. The van der Waals surface area contributed by atoms with Crippen LogP contribution in [0.2, 0.25) is 0 Å². The number of carbonyl (C=O) groups excluding carboxylic acids is 1. The molecule has 0 radical (unpaired) electrons. The maximum atomic E-state index is 12.2. The highest BCUT2D eigenvalue weighted by Gasteiger charge is 2.14. The number of carboxylic acid groups (broad SMARTS) is 1. The van der Waals surface area contributed by atoms with Gasteiger partial charge in [-0.2, -0.15) is 0 Å². The zero-order valence-corrected chi connectivity index (χ0v) is 14.9. The maximum absolute atomic E-state index is 12.2. The minimum absolute atomic E-state index is 0.247. The molecule has 2 aromatic heterocycles. The average molecular weight is 368 g/mol. The number of nitrogens with one attached hydrogen (secondary N) is 2. The van der Waals surface area contributed by atoms with Crippen molar-refractivity contribution in [1.29, 1.82) is 0 Å². The van der Waals surface area contributed by atoms with Crippen LogP contribution in [0.4, 0.5) is 15.6 Å². The summed E-state index contributed by atoms with van der Waals surface area (Å²) in [5.41, 5.74) is 4.46. The fourth-order valence-corrected chi connectivity index (χ4v) is 3.38. The minimum atomic E-state index is -1.11. The second-order valence-electron chi connectivity index (χ2n) is 5.64. The van der Waals surface area contributed by atoms with Crippen molar-refractivity contribution < 1.29 is 14.7 Å². The minimum Gasteiger partial charge on any atom is -0.465 e. The number of hydrogen-bond acceptors (Lipinski definition) is 5. The van der Waals surface area contributed by atoms with Crippen molar-refractivity contribution in [3.63, 3.8) is 0 Å². The number of thiazole rings is 1. The van der Waals surface area contributed by atoms with Gasteiger partial charge >= 0.3 is 6.09 Å². The van der Waals surface area contributed by atoms with Crippen LogP contribution in [0.5, 0.6) is 0 Å². The van der Waals surface area contributed by atoms with Crippen molar-refractivity contribution in [3.05, 3.63) is 58.7 Å². The van der Waals surface area contributed by atoms with E-state index in [0.717, 1.165) is 22.4 Å². The number of amides is 2. The predicted octanol–water partition coefficient (Wildman–Crippen LogP) is 4.16. The lowest BCUT2D eigenvalue weighted by Gasteiger charge is -2.10. The summed E-state index contributed by atoms with van der Waals surface area (Å²) in [4.78, 5) is 31.4. The Morgan fingerprint density at radius 2 is 1.73 bits per heavy atom. The van der Waals surface area contributed by atoms with Crippen LogP contribution in [-0.4, -0.2) is 27.1 Å². The smallest absolute Gasteiger partial charge is 0.409 e. The first-order chi connectivity index (χ1) is 12.4. The van der Waals surface area contributed by atoms with Gasteiger partial charge in [0.1, 0.15) is 0 Å². The Bertz CT molecular complexity index is 947. The van der Waals surface area contributed by atoms with Gasteiger partial charge in [0.05, 0.1) is 5.69 Å². The van der Waals surface area contributed by atoms with Crippen molar-refractivity contribution in [2.45, 2.75) is 13.8 Å². The second kappa shape index (κ2) is 7.32. The van der Waals surface area contributed by atoms with E-state index < -0.39 is 6.09 Å². The largest absolute Gasteiger partial charge is 0.465 e. The number of aryl methyl sites for hydroxylation is 2. The standard InChI is InChI=1S/C18H16N4O3S/c1-10-7-13(20-18(24)25)8-11(2)15(10)14-9-26-17(21-14)22-16(23)12-3-5-19-6-4-12/h3-9,20H,1-2H3,(H,24,25)(H,21,22,23). The van der Waals surface area contributed by atoms with Crippen molar-refractivity contribution in [2.24, 2.45) is 0 Å². The Kier molecular flexibility index (Phi) is 4.94.